The van der Waals surface area contributed by atoms with Crippen LogP contribution in [0.5, 0.6) is 0 Å². The van der Waals surface area contributed by atoms with Gasteiger partial charge in [0, 0.05) is 19.8 Å². The lowest BCUT2D eigenvalue weighted by Gasteiger charge is -2.34. The molecule has 0 radical (unpaired) electrons. The second kappa shape index (κ2) is 4.90. The minimum Gasteiger partial charge on any atom is -0.392 e. The first kappa shape index (κ1) is 12.8. The lowest BCUT2D eigenvalue weighted by atomic mass is 9.79. The molecular weight excluding hydrogens is 236 g/mol. The van der Waals surface area contributed by atoms with Gasteiger partial charge in [-0.25, -0.2) is 0 Å². The Hall–Kier alpha value is -0.680. The topological polar surface area (TPSA) is 64.4 Å². The van der Waals surface area contributed by atoms with Crippen molar-refractivity contribution in [1.82, 2.24) is 5.32 Å². The predicted molar refractivity (Wildman–Crippen MR) is 69.6 cm³/mol. The van der Waals surface area contributed by atoms with Crippen LogP contribution < -0.4 is 11.1 Å². The van der Waals surface area contributed by atoms with Gasteiger partial charge in [-0.2, -0.15) is 0 Å². The molecule has 2 rings (SSSR count). The Morgan fingerprint density at radius 1 is 1.53 bits per heavy atom. The van der Waals surface area contributed by atoms with Crippen molar-refractivity contribution < 1.29 is 9.53 Å². The summed E-state index contributed by atoms with van der Waals surface area (Å²) in [6.07, 6.45) is 2.42. The summed E-state index contributed by atoms with van der Waals surface area (Å²) >= 11 is 5.08. The van der Waals surface area contributed by atoms with Crippen molar-refractivity contribution in [2.75, 3.05) is 19.8 Å². The van der Waals surface area contributed by atoms with Gasteiger partial charge in [-0.05, 0) is 31.1 Å². The van der Waals surface area contributed by atoms with E-state index in [1.54, 1.807) is 0 Å². The van der Waals surface area contributed by atoms with Crippen LogP contribution in [-0.2, 0) is 9.53 Å². The molecule has 1 aliphatic carbocycles. The molecule has 96 valence electrons. The number of carbonyl (C=O) groups excluding carboxylic acids is 1. The molecule has 0 spiro atoms. The fourth-order valence-electron chi connectivity index (χ4n) is 2.38. The van der Waals surface area contributed by atoms with E-state index in [4.69, 9.17) is 22.7 Å². The summed E-state index contributed by atoms with van der Waals surface area (Å²) < 4.78 is 5.28. The van der Waals surface area contributed by atoms with Crippen LogP contribution in [0.4, 0.5) is 0 Å². The van der Waals surface area contributed by atoms with Crippen LogP contribution in [-0.4, -0.2) is 30.7 Å². The van der Waals surface area contributed by atoms with Crippen molar-refractivity contribution in [3.63, 3.8) is 0 Å². The van der Waals surface area contributed by atoms with Crippen LogP contribution in [0.3, 0.4) is 0 Å². The van der Waals surface area contributed by atoms with Gasteiger partial charge in [0.25, 0.3) is 0 Å². The molecule has 0 aromatic carbocycles. The summed E-state index contributed by atoms with van der Waals surface area (Å²) in [6.45, 7) is 4.08. The number of rotatable bonds is 4. The van der Waals surface area contributed by atoms with Crippen molar-refractivity contribution in [1.29, 1.82) is 0 Å². The largest absolute Gasteiger partial charge is 0.392 e. The highest BCUT2D eigenvalue weighted by molar-refractivity contribution is 7.80. The standard InChI is InChI=1S/C12H20N2O2S/c1-8-6-9(8)7-14-11(15)12(10(13)17)2-4-16-5-3-12/h8-9H,2-7H2,1H3,(H2,13,17)(H,14,15). The zero-order valence-electron chi connectivity index (χ0n) is 10.2. The molecule has 1 saturated heterocycles. The third-order valence-corrected chi connectivity index (χ3v) is 4.44. The van der Waals surface area contributed by atoms with E-state index >= 15 is 0 Å². The highest BCUT2D eigenvalue weighted by atomic mass is 32.1. The zero-order valence-corrected chi connectivity index (χ0v) is 11.0. The number of amides is 1. The maximum absolute atomic E-state index is 12.3. The van der Waals surface area contributed by atoms with Crippen LogP contribution in [0.15, 0.2) is 0 Å². The maximum Gasteiger partial charge on any atom is 0.233 e. The SMILES string of the molecule is CC1CC1CNC(=O)C1(C(N)=S)CCOCC1. The number of hydrogen-bond acceptors (Lipinski definition) is 3. The number of nitrogens with one attached hydrogen (secondary N) is 1. The van der Waals surface area contributed by atoms with Gasteiger partial charge in [0.1, 0.15) is 5.41 Å². The van der Waals surface area contributed by atoms with E-state index in [1.807, 2.05) is 0 Å². The Balaban J connectivity index is 1.94. The quantitative estimate of drug-likeness (QED) is 0.732. The van der Waals surface area contributed by atoms with Gasteiger partial charge in [-0.15, -0.1) is 0 Å². The van der Waals surface area contributed by atoms with Gasteiger partial charge in [-0.1, -0.05) is 19.1 Å². The lowest BCUT2D eigenvalue weighted by molar-refractivity contribution is -0.131. The molecule has 0 bridgehead atoms. The summed E-state index contributed by atoms with van der Waals surface area (Å²) in [5, 5.41) is 3.00. The molecular formula is C12H20N2O2S. The third-order valence-electron chi connectivity index (χ3n) is 4.05. The molecule has 2 atom stereocenters. The Bertz CT molecular complexity index is 326. The number of thiocarbonyl (C=S) groups is 1. The molecule has 1 heterocycles. The smallest absolute Gasteiger partial charge is 0.233 e. The fourth-order valence-corrected chi connectivity index (χ4v) is 2.68. The van der Waals surface area contributed by atoms with Crippen LogP contribution in [0.25, 0.3) is 0 Å². The van der Waals surface area contributed by atoms with Gasteiger partial charge < -0.3 is 15.8 Å². The molecule has 0 aromatic rings. The van der Waals surface area contributed by atoms with E-state index in [9.17, 15) is 4.79 Å². The molecule has 1 amide bonds. The number of carbonyl (C=O) groups is 1. The Morgan fingerprint density at radius 2 is 2.12 bits per heavy atom. The Labute approximate surface area is 107 Å². The van der Waals surface area contributed by atoms with Gasteiger partial charge in [-0.3, -0.25) is 4.79 Å². The maximum atomic E-state index is 12.3. The van der Waals surface area contributed by atoms with Crippen molar-refractivity contribution in [2.45, 2.75) is 26.2 Å². The predicted octanol–water partition coefficient (Wildman–Crippen LogP) is 0.841. The molecule has 4 nitrogen and oxygen atoms in total. The van der Waals surface area contributed by atoms with Gasteiger partial charge in [0.2, 0.25) is 5.91 Å². The highest BCUT2D eigenvalue weighted by Crippen LogP contribution is 2.37. The van der Waals surface area contributed by atoms with E-state index in [0.29, 0.717) is 37.0 Å². The summed E-state index contributed by atoms with van der Waals surface area (Å²) in [5.74, 6) is 1.38. The van der Waals surface area contributed by atoms with E-state index in [0.717, 1.165) is 12.5 Å². The first-order valence-corrected chi connectivity index (χ1v) is 6.63. The second-order valence-electron chi connectivity index (χ2n) is 5.24. The molecule has 17 heavy (non-hydrogen) atoms. The summed E-state index contributed by atoms with van der Waals surface area (Å²) in [7, 11) is 0. The lowest BCUT2D eigenvalue weighted by Crippen LogP contribution is -2.52. The van der Waals surface area contributed by atoms with Crippen LogP contribution in [0.2, 0.25) is 0 Å². The number of hydrogen-bond donors (Lipinski definition) is 2. The van der Waals surface area contributed by atoms with E-state index in [-0.39, 0.29) is 5.91 Å². The monoisotopic (exact) mass is 256 g/mol. The number of ether oxygens (including phenoxy) is 1. The average molecular weight is 256 g/mol. The molecule has 2 fully saturated rings. The molecule has 2 aliphatic rings. The van der Waals surface area contributed by atoms with Crippen molar-refractivity contribution >= 4 is 23.1 Å². The average Bonchev–Trinajstić information content (AvgIpc) is 3.03. The molecule has 1 aliphatic heterocycles. The van der Waals surface area contributed by atoms with Crippen LogP contribution in [0.1, 0.15) is 26.2 Å². The normalized spacial score (nSPS) is 30.6. The highest BCUT2D eigenvalue weighted by Gasteiger charge is 2.43. The first-order chi connectivity index (χ1) is 8.06. The Kier molecular flexibility index (Phi) is 3.68. The van der Waals surface area contributed by atoms with E-state index in [1.165, 1.54) is 6.42 Å². The van der Waals surface area contributed by atoms with Crippen molar-refractivity contribution in [2.24, 2.45) is 23.0 Å². The minimum absolute atomic E-state index is 0.00704. The van der Waals surface area contributed by atoms with Gasteiger partial charge >= 0.3 is 0 Å². The molecule has 0 aromatic heterocycles. The Morgan fingerprint density at radius 3 is 2.59 bits per heavy atom. The summed E-state index contributed by atoms with van der Waals surface area (Å²) in [4.78, 5) is 12.6. The van der Waals surface area contributed by atoms with Crippen molar-refractivity contribution in [3.8, 4) is 0 Å². The number of nitrogens with two attached hydrogens (primary N) is 1. The second-order valence-corrected chi connectivity index (χ2v) is 5.68. The zero-order chi connectivity index (χ0) is 12.5. The van der Waals surface area contributed by atoms with E-state index < -0.39 is 5.41 Å². The van der Waals surface area contributed by atoms with Crippen molar-refractivity contribution in [3.05, 3.63) is 0 Å². The first-order valence-electron chi connectivity index (χ1n) is 6.22. The van der Waals surface area contributed by atoms with E-state index in [2.05, 4.69) is 12.2 Å². The van der Waals surface area contributed by atoms with Gasteiger partial charge in [0.15, 0.2) is 0 Å². The fraction of sp³-hybridized carbons (Fsp3) is 0.833. The molecule has 1 saturated carbocycles. The molecule has 5 heteroatoms. The van der Waals surface area contributed by atoms with Gasteiger partial charge in [0.05, 0.1) is 4.99 Å². The summed E-state index contributed by atoms with van der Waals surface area (Å²) in [5.41, 5.74) is 5.09. The third kappa shape index (κ3) is 2.60. The van der Waals surface area contributed by atoms with Crippen LogP contribution >= 0.6 is 12.2 Å². The molecule has 2 unspecified atom stereocenters. The molecule has 3 N–H and O–H groups in total. The summed E-state index contributed by atoms with van der Waals surface area (Å²) in [6, 6.07) is 0. The van der Waals surface area contributed by atoms with Crippen LogP contribution in [0, 0.1) is 17.3 Å². The minimum atomic E-state index is -0.675.